The molecule has 1 N–H and O–H groups in total. The van der Waals surface area contributed by atoms with Crippen LogP contribution in [0.4, 0.5) is 0 Å². The number of rotatable bonds is 2. The van der Waals surface area contributed by atoms with Crippen LogP contribution in [-0.2, 0) is 9.84 Å². The number of aromatic nitrogens is 2. The van der Waals surface area contributed by atoms with E-state index in [1.54, 1.807) is 0 Å². The summed E-state index contributed by atoms with van der Waals surface area (Å²) in [6.45, 7) is 0. The average molecular weight is 305 g/mol. The Morgan fingerprint density at radius 1 is 1.06 bits per heavy atom. The monoisotopic (exact) mass is 304 g/mol. The molecule has 0 aliphatic rings. The second kappa shape index (κ2) is 4.72. The molecule has 0 aliphatic heterocycles. The van der Waals surface area contributed by atoms with Gasteiger partial charge < -0.3 is 0 Å². The fraction of sp³-hybridized carbons (Fsp3) is 0. The van der Waals surface area contributed by atoms with Gasteiger partial charge in [-0.15, -0.1) is 0 Å². The quantitative estimate of drug-likeness (QED) is 0.919. The molecule has 1 heterocycles. The molecule has 0 spiro atoms. The van der Waals surface area contributed by atoms with Crippen molar-refractivity contribution >= 4 is 33.0 Å². The molecule has 0 saturated carbocycles. The molecule has 18 heavy (non-hydrogen) atoms. The standard InChI is InChI=1S/C10H6Cl2N2O3S/c11-6-2-1-3-7(12)10(6)18(16,17)9-5-4-8(15)13-14-9/h1-5H,(H,13,15). The predicted octanol–water partition coefficient (Wildman–Crippen LogP) is 1.91. The lowest BCUT2D eigenvalue weighted by Gasteiger charge is -2.06. The first-order chi connectivity index (χ1) is 8.43. The fourth-order valence-electron chi connectivity index (χ4n) is 1.33. The van der Waals surface area contributed by atoms with Gasteiger partial charge in [-0.3, -0.25) is 4.79 Å². The minimum absolute atomic E-state index is 0.00417. The summed E-state index contributed by atoms with van der Waals surface area (Å²) in [6.07, 6.45) is 0. The van der Waals surface area contributed by atoms with Crippen molar-refractivity contribution in [2.45, 2.75) is 9.92 Å². The molecule has 5 nitrogen and oxygen atoms in total. The van der Waals surface area contributed by atoms with Crippen LogP contribution in [0.5, 0.6) is 0 Å². The molecule has 0 unspecified atom stereocenters. The number of nitrogens with zero attached hydrogens (tertiary/aromatic N) is 1. The van der Waals surface area contributed by atoms with Gasteiger partial charge in [-0.25, -0.2) is 13.5 Å². The van der Waals surface area contributed by atoms with Gasteiger partial charge in [-0.05, 0) is 18.2 Å². The molecule has 0 aliphatic carbocycles. The number of halogens is 2. The Kier molecular flexibility index (Phi) is 3.43. The lowest BCUT2D eigenvalue weighted by molar-refractivity contribution is 0.590. The van der Waals surface area contributed by atoms with Gasteiger partial charge in [-0.2, -0.15) is 5.10 Å². The van der Waals surface area contributed by atoms with Crippen molar-refractivity contribution in [3.63, 3.8) is 0 Å². The van der Waals surface area contributed by atoms with Crippen LogP contribution >= 0.6 is 23.2 Å². The summed E-state index contributed by atoms with van der Waals surface area (Å²) in [5, 5.41) is 5.18. The van der Waals surface area contributed by atoms with Crippen LogP contribution < -0.4 is 5.56 Å². The van der Waals surface area contributed by atoms with Crippen LogP contribution in [-0.4, -0.2) is 18.6 Å². The van der Waals surface area contributed by atoms with Crippen molar-refractivity contribution in [3.8, 4) is 0 Å². The van der Waals surface area contributed by atoms with Crippen LogP contribution in [0.2, 0.25) is 10.0 Å². The average Bonchev–Trinajstić information content (AvgIpc) is 2.29. The smallest absolute Gasteiger partial charge is 0.264 e. The third kappa shape index (κ3) is 2.27. The molecule has 2 aromatic rings. The van der Waals surface area contributed by atoms with Crippen molar-refractivity contribution < 1.29 is 8.42 Å². The Hall–Kier alpha value is -1.37. The van der Waals surface area contributed by atoms with Gasteiger partial charge in [0.05, 0.1) is 10.0 Å². The number of benzene rings is 1. The summed E-state index contributed by atoms with van der Waals surface area (Å²) in [7, 11) is -3.96. The normalized spacial score (nSPS) is 11.4. The summed E-state index contributed by atoms with van der Waals surface area (Å²) in [5.74, 6) is 0. The molecule has 94 valence electrons. The first kappa shape index (κ1) is 13.1. The van der Waals surface area contributed by atoms with Crippen LogP contribution in [0.1, 0.15) is 0 Å². The maximum Gasteiger partial charge on any atom is 0.264 e. The minimum atomic E-state index is -3.96. The topological polar surface area (TPSA) is 79.9 Å². The van der Waals surface area contributed by atoms with Crippen LogP contribution in [0.25, 0.3) is 0 Å². The van der Waals surface area contributed by atoms with Crippen molar-refractivity contribution in [1.82, 2.24) is 10.2 Å². The summed E-state index contributed by atoms with van der Waals surface area (Å²) in [4.78, 5) is 10.6. The number of hydrogen-bond donors (Lipinski definition) is 1. The van der Waals surface area contributed by atoms with Crippen molar-refractivity contribution in [2.75, 3.05) is 0 Å². The van der Waals surface area contributed by atoms with E-state index < -0.39 is 15.4 Å². The van der Waals surface area contributed by atoms with E-state index in [0.29, 0.717) is 0 Å². The highest BCUT2D eigenvalue weighted by Gasteiger charge is 2.25. The molecule has 0 radical (unpaired) electrons. The third-order valence-electron chi connectivity index (χ3n) is 2.12. The van der Waals surface area contributed by atoms with Gasteiger partial charge in [-0.1, -0.05) is 29.3 Å². The van der Waals surface area contributed by atoms with Crippen LogP contribution in [0, 0.1) is 0 Å². The summed E-state index contributed by atoms with van der Waals surface area (Å²) >= 11 is 11.7. The molecule has 0 atom stereocenters. The highest BCUT2D eigenvalue weighted by molar-refractivity contribution is 7.91. The van der Waals surface area contributed by atoms with Gasteiger partial charge in [0.1, 0.15) is 4.90 Å². The molecule has 0 amide bonds. The Balaban J connectivity index is 2.69. The lowest BCUT2D eigenvalue weighted by atomic mass is 10.4. The maximum atomic E-state index is 12.2. The Morgan fingerprint density at radius 3 is 2.17 bits per heavy atom. The first-order valence-electron chi connectivity index (χ1n) is 4.68. The second-order valence-corrected chi connectivity index (χ2v) is 5.96. The van der Waals surface area contributed by atoms with Gasteiger partial charge in [0, 0.05) is 6.07 Å². The highest BCUT2D eigenvalue weighted by atomic mass is 35.5. The van der Waals surface area contributed by atoms with E-state index in [-0.39, 0.29) is 20.0 Å². The Morgan fingerprint density at radius 2 is 1.67 bits per heavy atom. The van der Waals surface area contributed by atoms with E-state index in [2.05, 4.69) is 5.10 Å². The highest BCUT2D eigenvalue weighted by Crippen LogP contribution is 2.32. The second-order valence-electron chi connectivity index (χ2n) is 3.31. The molecule has 1 aromatic carbocycles. The zero-order chi connectivity index (χ0) is 13.3. The number of nitrogens with one attached hydrogen (secondary N) is 1. The largest absolute Gasteiger partial charge is 0.268 e. The van der Waals surface area contributed by atoms with Gasteiger partial charge >= 0.3 is 0 Å². The van der Waals surface area contributed by atoms with Gasteiger partial charge in [0.2, 0.25) is 9.84 Å². The fourth-order valence-corrected chi connectivity index (χ4v) is 3.60. The minimum Gasteiger partial charge on any atom is -0.268 e. The molecular formula is C10H6Cl2N2O3S. The predicted molar refractivity (Wildman–Crippen MR) is 66.8 cm³/mol. The van der Waals surface area contributed by atoms with Crippen molar-refractivity contribution in [2.24, 2.45) is 0 Å². The van der Waals surface area contributed by atoms with Crippen LogP contribution in [0.15, 0.2) is 45.0 Å². The van der Waals surface area contributed by atoms with Crippen molar-refractivity contribution in [3.05, 3.63) is 50.7 Å². The summed E-state index contributed by atoms with van der Waals surface area (Å²) in [6, 6.07) is 6.50. The van der Waals surface area contributed by atoms with Gasteiger partial charge in [0.25, 0.3) is 5.56 Å². The van der Waals surface area contributed by atoms with Crippen molar-refractivity contribution in [1.29, 1.82) is 0 Å². The number of hydrogen-bond acceptors (Lipinski definition) is 4. The van der Waals surface area contributed by atoms with E-state index in [1.165, 1.54) is 18.2 Å². The molecule has 1 aromatic heterocycles. The lowest BCUT2D eigenvalue weighted by Crippen LogP contribution is -2.12. The van der Waals surface area contributed by atoms with E-state index in [9.17, 15) is 13.2 Å². The van der Waals surface area contributed by atoms with E-state index in [4.69, 9.17) is 23.2 Å². The molecule has 2 rings (SSSR count). The molecule has 8 heteroatoms. The number of aromatic amines is 1. The maximum absolute atomic E-state index is 12.2. The Bertz CT molecular complexity index is 715. The third-order valence-corrected chi connectivity index (χ3v) is 4.73. The summed E-state index contributed by atoms with van der Waals surface area (Å²) < 4.78 is 24.5. The first-order valence-corrected chi connectivity index (χ1v) is 6.91. The summed E-state index contributed by atoms with van der Waals surface area (Å²) in [5.41, 5.74) is -0.501. The number of H-pyrrole nitrogens is 1. The van der Waals surface area contributed by atoms with E-state index in [0.717, 1.165) is 12.1 Å². The zero-order valence-electron chi connectivity index (χ0n) is 8.72. The van der Waals surface area contributed by atoms with E-state index >= 15 is 0 Å². The van der Waals surface area contributed by atoms with E-state index in [1.807, 2.05) is 5.10 Å². The molecular weight excluding hydrogens is 299 g/mol. The zero-order valence-corrected chi connectivity index (χ0v) is 11.1. The molecule has 0 fully saturated rings. The molecule has 0 saturated heterocycles. The Labute approximate surface area is 112 Å². The SMILES string of the molecule is O=c1ccc(S(=O)(=O)c2c(Cl)cccc2Cl)n[nH]1. The molecule has 0 bridgehead atoms. The van der Waals surface area contributed by atoms with Crippen LogP contribution in [0.3, 0.4) is 0 Å². The number of sulfone groups is 1. The van der Waals surface area contributed by atoms with Gasteiger partial charge in [0.15, 0.2) is 5.03 Å².